The second-order valence-corrected chi connectivity index (χ2v) is 6.22. The molecule has 1 aliphatic heterocycles. The fraction of sp³-hybridized carbons (Fsp3) is 0.500. The lowest BCUT2D eigenvalue weighted by atomic mass is 9.96. The van der Waals surface area contributed by atoms with Crippen LogP contribution in [-0.4, -0.2) is 27.4 Å². The van der Waals surface area contributed by atoms with Crippen molar-refractivity contribution in [3.63, 3.8) is 0 Å². The lowest BCUT2D eigenvalue weighted by molar-refractivity contribution is 0.0941. The molecule has 0 radical (unpaired) electrons. The fourth-order valence-corrected chi connectivity index (χ4v) is 3.23. The maximum Gasteiger partial charge on any atom is 0.254 e. The molecule has 0 bridgehead atoms. The highest BCUT2D eigenvalue weighted by Gasteiger charge is 2.26. The highest BCUT2D eigenvalue weighted by molar-refractivity contribution is 7.89. The molecule has 2 rings (SSSR count). The molecule has 1 aromatic carbocycles. The first kappa shape index (κ1) is 17.3. The Balaban J connectivity index is 0.00000200. The van der Waals surface area contributed by atoms with E-state index < -0.39 is 22.5 Å². The molecule has 20 heavy (non-hydrogen) atoms. The molecule has 1 heterocycles. The van der Waals surface area contributed by atoms with E-state index in [4.69, 9.17) is 0 Å². The minimum atomic E-state index is -3.50. The van der Waals surface area contributed by atoms with E-state index >= 15 is 0 Å². The van der Waals surface area contributed by atoms with Gasteiger partial charge in [-0.3, -0.25) is 0 Å². The first-order chi connectivity index (χ1) is 8.94. The molecule has 4 nitrogen and oxygen atoms in total. The molecular formula is C12H17ClF2N2O2S. The van der Waals surface area contributed by atoms with E-state index in [1.54, 1.807) is 19.1 Å². The van der Waals surface area contributed by atoms with Crippen LogP contribution in [0.25, 0.3) is 0 Å². The van der Waals surface area contributed by atoms with Gasteiger partial charge in [-0.25, -0.2) is 21.9 Å². The van der Waals surface area contributed by atoms with Gasteiger partial charge in [-0.1, -0.05) is 13.0 Å². The van der Waals surface area contributed by atoms with Crippen LogP contribution in [0.2, 0.25) is 0 Å². The van der Waals surface area contributed by atoms with Gasteiger partial charge in [0, 0.05) is 13.1 Å². The van der Waals surface area contributed by atoms with Crippen molar-refractivity contribution in [1.29, 1.82) is 0 Å². The Morgan fingerprint density at radius 2 is 2.10 bits per heavy atom. The van der Waals surface area contributed by atoms with Crippen LogP contribution in [0.4, 0.5) is 8.78 Å². The lowest BCUT2D eigenvalue weighted by Gasteiger charge is -2.25. The zero-order valence-electron chi connectivity index (χ0n) is 10.9. The smallest absolute Gasteiger partial charge is 0.254 e. The summed E-state index contributed by atoms with van der Waals surface area (Å²) in [6.07, 6.45) is -2.20. The predicted octanol–water partition coefficient (Wildman–Crippen LogP) is 1.69. The van der Waals surface area contributed by atoms with E-state index in [9.17, 15) is 17.2 Å². The molecule has 0 aromatic heterocycles. The van der Waals surface area contributed by atoms with Gasteiger partial charge in [-0.05, 0) is 29.7 Å². The van der Waals surface area contributed by atoms with Crippen LogP contribution in [0.15, 0.2) is 23.1 Å². The van der Waals surface area contributed by atoms with Crippen LogP contribution < -0.4 is 10.0 Å². The normalized spacial score (nSPS) is 18.5. The van der Waals surface area contributed by atoms with Crippen molar-refractivity contribution in [2.24, 2.45) is 0 Å². The highest BCUT2D eigenvalue weighted by atomic mass is 35.5. The van der Waals surface area contributed by atoms with Crippen molar-refractivity contribution >= 4 is 22.4 Å². The van der Waals surface area contributed by atoms with Gasteiger partial charge in [0.25, 0.3) is 6.43 Å². The number of halogens is 3. The summed E-state index contributed by atoms with van der Waals surface area (Å²) < 4.78 is 51.3. The maximum absolute atomic E-state index is 12.6. The summed E-state index contributed by atoms with van der Waals surface area (Å²) in [6.45, 7) is 2.27. The van der Waals surface area contributed by atoms with Crippen LogP contribution in [0, 0.1) is 0 Å². The van der Waals surface area contributed by atoms with Gasteiger partial charge in [0.15, 0.2) is 0 Å². The number of benzene rings is 1. The van der Waals surface area contributed by atoms with E-state index in [0.717, 1.165) is 11.1 Å². The van der Waals surface area contributed by atoms with Crippen molar-refractivity contribution in [2.45, 2.75) is 37.3 Å². The summed E-state index contributed by atoms with van der Waals surface area (Å²) in [4.78, 5) is 0.172. The molecule has 1 aliphatic rings. The second-order valence-electron chi connectivity index (χ2n) is 4.46. The van der Waals surface area contributed by atoms with Crippen LogP contribution in [0.1, 0.15) is 18.1 Å². The zero-order valence-corrected chi connectivity index (χ0v) is 12.5. The number of rotatable bonds is 4. The van der Waals surface area contributed by atoms with Gasteiger partial charge in [0.1, 0.15) is 0 Å². The van der Waals surface area contributed by atoms with Crippen molar-refractivity contribution in [1.82, 2.24) is 10.0 Å². The third-order valence-corrected chi connectivity index (χ3v) is 4.66. The third-order valence-electron chi connectivity index (χ3n) is 3.12. The van der Waals surface area contributed by atoms with Gasteiger partial charge >= 0.3 is 0 Å². The summed E-state index contributed by atoms with van der Waals surface area (Å²) in [7, 11) is -3.50. The molecule has 1 unspecified atom stereocenters. The van der Waals surface area contributed by atoms with Gasteiger partial charge in [0.2, 0.25) is 10.0 Å². The second kappa shape index (κ2) is 6.80. The molecule has 1 atom stereocenters. The highest BCUT2D eigenvalue weighted by Crippen LogP contribution is 2.23. The Morgan fingerprint density at radius 1 is 1.40 bits per heavy atom. The Morgan fingerprint density at radius 3 is 2.70 bits per heavy atom. The van der Waals surface area contributed by atoms with Gasteiger partial charge in [-0.15, -0.1) is 12.4 Å². The summed E-state index contributed by atoms with van der Waals surface area (Å²) in [6, 6.07) is 3.77. The number of hydrogen-bond donors (Lipinski definition) is 2. The van der Waals surface area contributed by atoms with Crippen LogP contribution >= 0.6 is 12.4 Å². The van der Waals surface area contributed by atoms with Gasteiger partial charge < -0.3 is 5.32 Å². The molecule has 0 saturated carbocycles. The van der Waals surface area contributed by atoms with Crippen molar-refractivity contribution < 1.29 is 17.2 Å². The van der Waals surface area contributed by atoms with Crippen LogP contribution in [0.5, 0.6) is 0 Å². The minimum absolute atomic E-state index is 0. The largest absolute Gasteiger partial charge is 0.304 e. The Labute approximate surface area is 123 Å². The first-order valence-electron chi connectivity index (χ1n) is 6.07. The quantitative estimate of drug-likeness (QED) is 0.885. The van der Waals surface area contributed by atoms with Crippen LogP contribution in [0.3, 0.4) is 0 Å². The topological polar surface area (TPSA) is 58.2 Å². The molecule has 1 aromatic rings. The summed E-state index contributed by atoms with van der Waals surface area (Å²) >= 11 is 0. The molecule has 0 amide bonds. The Hall–Kier alpha value is -0.760. The molecule has 0 aliphatic carbocycles. The number of hydrogen-bond acceptors (Lipinski definition) is 3. The van der Waals surface area contributed by atoms with Crippen molar-refractivity contribution in [3.05, 3.63) is 29.3 Å². The number of sulfonamides is 1. The number of nitrogens with one attached hydrogen (secondary N) is 2. The Bertz CT molecular complexity index is 567. The standard InChI is InChI=1S/C12H16F2N2O2S.ClH/c1-2-16-19(17,18)10-4-3-8-6-11(12(13)14)15-7-9(8)5-10;/h3-5,11-12,15-16H,2,6-7H2,1H3;1H. The minimum Gasteiger partial charge on any atom is -0.304 e. The van der Waals surface area contributed by atoms with E-state index in [2.05, 4.69) is 10.0 Å². The molecule has 2 N–H and O–H groups in total. The van der Waals surface area contributed by atoms with E-state index in [0.29, 0.717) is 6.54 Å². The van der Waals surface area contributed by atoms with E-state index in [1.807, 2.05) is 0 Å². The zero-order chi connectivity index (χ0) is 14.0. The average Bonchev–Trinajstić information content (AvgIpc) is 2.37. The lowest BCUT2D eigenvalue weighted by Crippen LogP contribution is -2.40. The summed E-state index contributed by atoms with van der Waals surface area (Å²) in [5.74, 6) is 0. The van der Waals surface area contributed by atoms with E-state index in [-0.39, 0.29) is 30.3 Å². The van der Waals surface area contributed by atoms with Gasteiger partial charge in [0.05, 0.1) is 10.9 Å². The Kier molecular flexibility index (Phi) is 5.88. The molecule has 114 valence electrons. The molecule has 8 heteroatoms. The number of fused-ring (bicyclic) bond motifs is 1. The van der Waals surface area contributed by atoms with Crippen molar-refractivity contribution in [3.8, 4) is 0 Å². The third kappa shape index (κ3) is 3.66. The summed E-state index contributed by atoms with van der Waals surface area (Å²) in [5.41, 5.74) is 1.54. The van der Waals surface area contributed by atoms with E-state index in [1.165, 1.54) is 6.07 Å². The molecule has 0 saturated heterocycles. The summed E-state index contributed by atoms with van der Waals surface area (Å²) in [5, 5.41) is 2.72. The molecule has 0 fully saturated rings. The molecular weight excluding hydrogens is 310 g/mol. The van der Waals surface area contributed by atoms with Crippen LogP contribution in [-0.2, 0) is 23.0 Å². The average molecular weight is 327 g/mol. The SMILES string of the molecule is CCNS(=O)(=O)c1ccc2c(c1)CNC(C(F)F)C2.Cl. The van der Waals surface area contributed by atoms with Gasteiger partial charge in [-0.2, -0.15) is 0 Å². The fourth-order valence-electron chi connectivity index (χ4n) is 2.13. The predicted molar refractivity (Wildman–Crippen MR) is 74.9 cm³/mol. The maximum atomic E-state index is 12.6. The number of alkyl halides is 2. The van der Waals surface area contributed by atoms with Crippen molar-refractivity contribution in [2.75, 3.05) is 6.54 Å². The molecule has 0 spiro atoms. The monoisotopic (exact) mass is 326 g/mol. The first-order valence-corrected chi connectivity index (χ1v) is 7.55.